The number of morpholine rings is 1. The first kappa shape index (κ1) is 11.6. The summed E-state index contributed by atoms with van der Waals surface area (Å²) in [6.07, 6.45) is 1.05. The molecule has 1 aliphatic heterocycles. The third-order valence-corrected chi connectivity index (χ3v) is 3.50. The topological polar surface area (TPSA) is 54.3 Å². The minimum absolute atomic E-state index is 0.821. The number of nitrogens with two attached hydrogens (primary N) is 1. The van der Waals surface area contributed by atoms with Gasteiger partial charge < -0.3 is 15.5 Å². The van der Waals surface area contributed by atoms with Crippen LogP contribution in [-0.2, 0) is 11.2 Å². The van der Waals surface area contributed by atoms with Crippen LogP contribution >= 0.6 is 0 Å². The Hall–Kier alpha value is -1.52. The highest BCUT2D eigenvalue weighted by molar-refractivity contribution is 5.83. The van der Waals surface area contributed by atoms with Gasteiger partial charge in [0.25, 0.3) is 0 Å². The fraction of sp³-hybridized carbons (Fsp3) is 0.429. The van der Waals surface area contributed by atoms with Crippen LogP contribution in [0.5, 0.6) is 0 Å². The molecule has 4 nitrogen and oxygen atoms in total. The van der Waals surface area contributed by atoms with E-state index in [-0.39, 0.29) is 0 Å². The molecule has 96 valence electrons. The zero-order valence-electron chi connectivity index (χ0n) is 10.5. The Balaban J connectivity index is 1.67. The van der Waals surface area contributed by atoms with E-state index in [1.54, 1.807) is 0 Å². The van der Waals surface area contributed by atoms with E-state index >= 15 is 0 Å². The number of H-pyrrole nitrogens is 1. The van der Waals surface area contributed by atoms with Gasteiger partial charge in [-0.3, -0.25) is 4.90 Å². The Morgan fingerprint density at radius 1 is 1.22 bits per heavy atom. The van der Waals surface area contributed by atoms with Crippen molar-refractivity contribution < 1.29 is 4.74 Å². The Kier molecular flexibility index (Phi) is 3.21. The first-order chi connectivity index (χ1) is 8.81. The third-order valence-electron chi connectivity index (χ3n) is 3.50. The van der Waals surface area contributed by atoms with Crippen molar-refractivity contribution in [3.8, 4) is 0 Å². The van der Waals surface area contributed by atoms with Gasteiger partial charge in [-0.15, -0.1) is 0 Å². The summed E-state index contributed by atoms with van der Waals surface area (Å²) >= 11 is 0. The molecule has 1 fully saturated rings. The first-order valence-corrected chi connectivity index (χ1v) is 6.48. The van der Waals surface area contributed by atoms with Crippen molar-refractivity contribution in [2.75, 3.05) is 38.6 Å². The minimum Gasteiger partial charge on any atom is -0.399 e. The molecule has 3 N–H and O–H groups in total. The second-order valence-corrected chi connectivity index (χ2v) is 4.85. The molecule has 3 rings (SSSR count). The average Bonchev–Trinajstić information content (AvgIpc) is 2.79. The van der Waals surface area contributed by atoms with Gasteiger partial charge in [-0.2, -0.15) is 0 Å². The predicted octanol–water partition coefficient (Wildman–Crippen LogP) is 1.62. The van der Waals surface area contributed by atoms with Crippen LogP contribution < -0.4 is 5.73 Å². The molecule has 1 saturated heterocycles. The lowest BCUT2D eigenvalue weighted by Gasteiger charge is -2.26. The van der Waals surface area contributed by atoms with Gasteiger partial charge in [-0.1, -0.05) is 0 Å². The number of nitrogens with one attached hydrogen (secondary N) is 1. The molecule has 4 heteroatoms. The van der Waals surface area contributed by atoms with Gasteiger partial charge in [0.15, 0.2) is 0 Å². The number of fused-ring (bicyclic) bond motifs is 1. The zero-order valence-corrected chi connectivity index (χ0v) is 10.5. The van der Waals surface area contributed by atoms with Crippen molar-refractivity contribution in [2.45, 2.75) is 6.42 Å². The first-order valence-electron chi connectivity index (χ1n) is 6.48. The number of hydrogen-bond acceptors (Lipinski definition) is 3. The lowest BCUT2D eigenvalue weighted by atomic mass is 10.2. The van der Waals surface area contributed by atoms with Gasteiger partial charge in [0.2, 0.25) is 0 Å². The molecular formula is C14H19N3O. The molecule has 2 aromatic rings. The number of hydrogen-bond donors (Lipinski definition) is 2. The minimum atomic E-state index is 0.821. The molecule has 0 bridgehead atoms. The fourth-order valence-electron chi connectivity index (χ4n) is 2.45. The van der Waals surface area contributed by atoms with Gasteiger partial charge in [-0.05, 0) is 24.3 Å². The van der Waals surface area contributed by atoms with Crippen LogP contribution in [0.2, 0.25) is 0 Å². The van der Waals surface area contributed by atoms with Crippen LogP contribution in [0.3, 0.4) is 0 Å². The van der Waals surface area contributed by atoms with E-state index in [9.17, 15) is 0 Å². The van der Waals surface area contributed by atoms with Gasteiger partial charge in [0.1, 0.15) is 0 Å². The number of nitrogens with zero attached hydrogens (tertiary/aromatic N) is 1. The highest BCUT2D eigenvalue weighted by Crippen LogP contribution is 2.18. The van der Waals surface area contributed by atoms with E-state index in [4.69, 9.17) is 10.5 Å². The van der Waals surface area contributed by atoms with Gasteiger partial charge in [-0.25, -0.2) is 0 Å². The van der Waals surface area contributed by atoms with Gasteiger partial charge in [0.05, 0.1) is 13.2 Å². The van der Waals surface area contributed by atoms with E-state index in [1.807, 2.05) is 18.2 Å². The number of ether oxygens (including phenoxy) is 1. The summed E-state index contributed by atoms with van der Waals surface area (Å²) in [5, 5.41) is 1.20. The molecule has 0 atom stereocenters. The highest BCUT2D eigenvalue weighted by Gasteiger charge is 2.10. The maximum Gasteiger partial charge on any atom is 0.0594 e. The third kappa shape index (κ3) is 2.49. The molecule has 0 spiro atoms. The molecule has 1 aromatic carbocycles. The standard InChI is InChI=1S/C14H19N3O/c15-12-1-2-14-11(9-12)10-13(16-14)3-4-17-5-7-18-8-6-17/h1-2,9-10,16H,3-8,15H2. The normalized spacial score (nSPS) is 17.3. The maximum atomic E-state index is 5.79. The van der Waals surface area contributed by atoms with E-state index in [2.05, 4.69) is 16.0 Å². The Bertz CT molecular complexity index is 529. The van der Waals surface area contributed by atoms with Crippen LogP contribution in [0.1, 0.15) is 5.69 Å². The average molecular weight is 245 g/mol. The SMILES string of the molecule is Nc1ccc2[nH]c(CCN3CCOCC3)cc2c1. The number of anilines is 1. The summed E-state index contributed by atoms with van der Waals surface area (Å²) in [5.74, 6) is 0. The zero-order chi connectivity index (χ0) is 12.4. The van der Waals surface area contributed by atoms with Crippen molar-refractivity contribution in [3.05, 3.63) is 30.0 Å². The largest absolute Gasteiger partial charge is 0.399 e. The molecule has 0 aliphatic carbocycles. The van der Waals surface area contributed by atoms with Gasteiger partial charge in [0, 0.05) is 48.3 Å². The summed E-state index contributed by atoms with van der Waals surface area (Å²) in [4.78, 5) is 5.90. The predicted molar refractivity (Wildman–Crippen MR) is 73.7 cm³/mol. The summed E-state index contributed by atoms with van der Waals surface area (Å²) in [5.41, 5.74) is 9.06. The number of rotatable bonds is 3. The van der Waals surface area contributed by atoms with Crippen molar-refractivity contribution in [3.63, 3.8) is 0 Å². The van der Waals surface area contributed by atoms with E-state index < -0.39 is 0 Å². The molecule has 1 aromatic heterocycles. The number of aromatic nitrogens is 1. The number of nitrogen functional groups attached to an aromatic ring is 1. The van der Waals surface area contributed by atoms with Crippen LogP contribution in [0.15, 0.2) is 24.3 Å². The van der Waals surface area contributed by atoms with Crippen LogP contribution in [0, 0.1) is 0 Å². The molecule has 0 unspecified atom stereocenters. The molecule has 0 amide bonds. The quantitative estimate of drug-likeness (QED) is 0.808. The molecule has 0 saturated carbocycles. The maximum absolute atomic E-state index is 5.79. The number of aromatic amines is 1. The van der Waals surface area contributed by atoms with E-state index in [0.29, 0.717) is 0 Å². The van der Waals surface area contributed by atoms with Crippen LogP contribution in [0.4, 0.5) is 5.69 Å². The van der Waals surface area contributed by atoms with Gasteiger partial charge >= 0.3 is 0 Å². The Morgan fingerprint density at radius 2 is 2.06 bits per heavy atom. The molecular weight excluding hydrogens is 226 g/mol. The van der Waals surface area contributed by atoms with Crippen molar-refractivity contribution in [2.24, 2.45) is 0 Å². The molecule has 0 radical (unpaired) electrons. The summed E-state index contributed by atoms with van der Waals surface area (Å²) < 4.78 is 5.35. The molecule has 1 aliphatic rings. The number of benzene rings is 1. The second-order valence-electron chi connectivity index (χ2n) is 4.85. The van der Waals surface area contributed by atoms with E-state index in [0.717, 1.165) is 45.0 Å². The van der Waals surface area contributed by atoms with E-state index in [1.165, 1.54) is 16.6 Å². The summed E-state index contributed by atoms with van der Waals surface area (Å²) in [7, 11) is 0. The lowest BCUT2D eigenvalue weighted by molar-refractivity contribution is 0.0383. The highest BCUT2D eigenvalue weighted by atomic mass is 16.5. The van der Waals surface area contributed by atoms with Crippen molar-refractivity contribution in [1.29, 1.82) is 0 Å². The smallest absolute Gasteiger partial charge is 0.0594 e. The monoisotopic (exact) mass is 245 g/mol. The summed E-state index contributed by atoms with van der Waals surface area (Å²) in [6, 6.07) is 8.20. The van der Waals surface area contributed by atoms with Crippen LogP contribution in [0.25, 0.3) is 10.9 Å². The lowest BCUT2D eigenvalue weighted by Crippen LogP contribution is -2.37. The Labute approximate surface area is 107 Å². The summed E-state index contributed by atoms with van der Waals surface area (Å²) in [6.45, 7) is 4.92. The van der Waals surface area contributed by atoms with Crippen LogP contribution in [-0.4, -0.2) is 42.7 Å². The molecule has 18 heavy (non-hydrogen) atoms. The molecule has 2 heterocycles. The Morgan fingerprint density at radius 3 is 2.89 bits per heavy atom. The van der Waals surface area contributed by atoms with Crippen molar-refractivity contribution >= 4 is 16.6 Å². The second kappa shape index (κ2) is 5.00. The van der Waals surface area contributed by atoms with Crippen molar-refractivity contribution in [1.82, 2.24) is 9.88 Å². The fourth-order valence-corrected chi connectivity index (χ4v) is 2.45.